The highest BCUT2D eigenvalue weighted by Gasteiger charge is 2.31. The lowest BCUT2D eigenvalue weighted by molar-refractivity contribution is 0.134. The number of nitrogens with zero attached hydrogens (tertiary/aromatic N) is 2. The molecule has 3 aromatic rings. The number of pyridine rings is 1. The first-order valence-electron chi connectivity index (χ1n) is 9.06. The summed E-state index contributed by atoms with van der Waals surface area (Å²) in [4.78, 5) is 15.9. The first-order valence-corrected chi connectivity index (χ1v) is 10.5. The number of sulfonamides is 1. The monoisotopic (exact) mass is 400 g/mol. The SMILES string of the molecule is Cc1cc(OC2CCN(S(=O)(=O)c3cccc4cccnc34)CC2)cc(=O)o1. The van der Waals surface area contributed by atoms with E-state index in [2.05, 4.69) is 4.98 Å². The van der Waals surface area contributed by atoms with Crippen LogP contribution < -0.4 is 10.4 Å². The zero-order valence-electron chi connectivity index (χ0n) is 15.4. The molecule has 0 unspecified atom stereocenters. The number of hydrogen-bond acceptors (Lipinski definition) is 6. The largest absolute Gasteiger partial charge is 0.490 e. The number of benzene rings is 1. The van der Waals surface area contributed by atoms with Crippen LogP contribution >= 0.6 is 0 Å². The Morgan fingerprint density at radius 2 is 1.89 bits per heavy atom. The first-order chi connectivity index (χ1) is 13.4. The number of aromatic nitrogens is 1. The molecule has 1 aliphatic heterocycles. The molecule has 0 amide bonds. The summed E-state index contributed by atoms with van der Waals surface area (Å²) < 4.78 is 38.6. The fourth-order valence-corrected chi connectivity index (χ4v) is 5.09. The van der Waals surface area contributed by atoms with Crippen molar-refractivity contribution in [1.82, 2.24) is 9.29 Å². The Balaban J connectivity index is 1.50. The number of rotatable bonds is 4. The van der Waals surface area contributed by atoms with Crippen molar-refractivity contribution in [2.45, 2.75) is 30.8 Å². The molecule has 3 heterocycles. The summed E-state index contributed by atoms with van der Waals surface area (Å²) >= 11 is 0. The molecule has 0 N–H and O–H groups in total. The van der Waals surface area contributed by atoms with Crippen molar-refractivity contribution in [2.24, 2.45) is 0 Å². The van der Waals surface area contributed by atoms with Crippen molar-refractivity contribution in [1.29, 1.82) is 0 Å². The summed E-state index contributed by atoms with van der Waals surface area (Å²) in [6.07, 6.45) is 2.52. The first kappa shape index (κ1) is 18.6. The molecule has 28 heavy (non-hydrogen) atoms. The molecule has 0 bridgehead atoms. The molecule has 1 aliphatic rings. The van der Waals surface area contributed by atoms with Crippen LogP contribution in [-0.4, -0.2) is 36.9 Å². The lowest BCUT2D eigenvalue weighted by atomic mass is 10.1. The van der Waals surface area contributed by atoms with Crippen LogP contribution in [0.1, 0.15) is 18.6 Å². The molecule has 0 spiro atoms. The van der Waals surface area contributed by atoms with Gasteiger partial charge in [0.25, 0.3) is 0 Å². The van der Waals surface area contributed by atoms with E-state index in [9.17, 15) is 13.2 Å². The van der Waals surface area contributed by atoms with Gasteiger partial charge in [0.2, 0.25) is 10.0 Å². The lowest BCUT2D eigenvalue weighted by Gasteiger charge is -2.31. The van der Waals surface area contributed by atoms with E-state index in [1.165, 1.54) is 10.4 Å². The predicted molar refractivity (Wildman–Crippen MR) is 104 cm³/mol. The van der Waals surface area contributed by atoms with Crippen molar-refractivity contribution >= 4 is 20.9 Å². The summed E-state index contributed by atoms with van der Waals surface area (Å²) in [5, 5.41) is 0.792. The van der Waals surface area contributed by atoms with E-state index in [0.717, 1.165) is 5.39 Å². The van der Waals surface area contributed by atoms with Crippen molar-refractivity contribution in [3.05, 3.63) is 64.8 Å². The van der Waals surface area contributed by atoms with Gasteiger partial charge in [-0.2, -0.15) is 4.31 Å². The average Bonchev–Trinajstić information content (AvgIpc) is 2.67. The van der Waals surface area contributed by atoms with E-state index in [4.69, 9.17) is 9.15 Å². The maximum atomic E-state index is 13.1. The molecule has 0 aliphatic carbocycles. The highest BCUT2D eigenvalue weighted by molar-refractivity contribution is 7.89. The van der Waals surface area contributed by atoms with Gasteiger partial charge in [-0.15, -0.1) is 0 Å². The van der Waals surface area contributed by atoms with Crippen LogP contribution in [0.2, 0.25) is 0 Å². The van der Waals surface area contributed by atoms with Gasteiger partial charge >= 0.3 is 5.63 Å². The molecule has 0 atom stereocenters. The zero-order valence-corrected chi connectivity index (χ0v) is 16.2. The van der Waals surface area contributed by atoms with Gasteiger partial charge in [-0.25, -0.2) is 13.2 Å². The Bertz CT molecular complexity index is 1160. The Labute approximate surface area is 162 Å². The third-order valence-electron chi connectivity index (χ3n) is 4.78. The van der Waals surface area contributed by atoms with Gasteiger partial charge in [0.15, 0.2) is 0 Å². The van der Waals surface area contributed by atoms with Gasteiger partial charge in [-0.1, -0.05) is 18.2 Å². The van der Waals surface area contributed by atoms with Crippen molar-refractivity contribution in [3.63, 3.8) is 0 Å². The molecule has 0 radical (unpaired) electrons. The Morgan fingerprint density at radius 1 is 1.14 bits per heavy atom. The number of piperidine rings is 1. The van der Waals surface area contributed by atoms with Gasteiger partial charge in [0, 0.05) is 30.7 Å². The summed E-state index contributed by atoms with van der Waals surface area (Å²) in [6, 6.07) is 11.8. The van der Waals surface area contributed by atoms with E-state index in [0.29, 0.717) is 43.0 Å². The second kappa shape index (κ2) is 7.37. The van der Waals surface area contributed by atoms with E-state index >= 15 is 0 Å². The van der Waals surface area contributed by atoms with Gasteiger partial charge in [0.1, 0.15) is 22.5 Å². The molecule has 1 aromatic carbocycles. The maximum absolute atomic E-state index is 13.1. The third kappa shape index (κ3) is 3.65. The molecule has 7 nitrogen and oxygen atoms in total. The molecular weight excluding hydrogens is 380 g/mol. The standard InChI is InChI=1S/C20H20N2O5S/c1-14-12-17(13-19(23)26-14)27-16-7-10-22(11-8-16)28(24,25)18-6-2-4-15-5-3-9-21-20(15)18/h2-6,9,12-13,16H,7-8,10-11H2,1H3. The molecule has 146 valence electrons. The van der Waals surface area contributed by atoms with Crippen LogP contribution in [0.3, 0.4) is 0 Å². The minimum Gasteiger partial charge on any atom is -0.490 e. The van der Waals surface area contributed by atoms with Gasteiger partial charge < -0.3 is 9.15 Å². The van der Waals surface area contributed by atoms with Gasteiger partial charge in [-0.3, -0.25) is 4.98 Å². The predicted octanol–water partition coefficient (Wildman–Crippen LogP) is 2.73. The summed E-state index contributed by atoms with van der Waals surface area (Å²) in [7, 11) is -3.65. The second-order valence-electron chi connectivity index (χ2n) is 6.78. The second-order valence-corrected chi connectivity index (χ2v) is 8.68. The topological polar surface area (TPSA) is 89.7 Å². The van der Waals surface area contributed by atoms with Crippen molar-refractivity contribution in [2.75, 3.05) is 13.1 Å². The van der Waals surface area contributed by atoms with Crippen molar-refractivity contribution in [3.8, 4) is 5.75 Å². The molecule has 1 fully saturated rings. The van der Waals surface area contributed by atoms with Crippen LogP contribution in [-0.2, 0) is 10.0 Å². The molecule has 1 saturated heterocycles. The van der Waals surface area contributed by atoms with E-state index in [1.807, 2.05) is 12.1 Å². The number of aryl methyl sites for hydroxylation is 1. The minimum absolute atomic E-state index is 0.154. The lowest BCUT2D eigenvalue weighted by Crippen LogP contribution is -2.41. The Hall–Kier alpha value is -2.71. The number of fused-ring (bicyclic) bond motifs is 1. The quantitative estimate of drug-likeness (QED) is 0.669. The van der Waals surface area contributed by atoms with E-state index < -0.39 is 15.6 Å². The molecule has 0 saturated carbocycles. The molecular formula is C20H20N2O5S. The maximum Gasteiger partial charge on any atom is 0.339 e. The van der Waals surface area contributed by atoms with E-state index in [1.54, 1.807) is 37.4 Å². The normalized spacial score (nSPS) is 16.3. The Kier molecular flexibility index (Phi) is 4.91. The van der Waals surface area contributed by atoms with Crippen molar-refractivity contribution < 1.29 is 17.6 Å². The fraction of sp³-hybridized carbons (Fsp3) is 0.300. The number of hydrogen-bond donors (Lipinski definition) is 0. The summed E-state index contributed by atoms with van der Waals surface area (Å²) in [6.45, 7) is 2.37. The smallest absolute Gasteiger partial charge is 0.339 e. The number of ether oxygens (including phenoxy) is 1. The van der Waals surface area contributed by atoms with Crippen LogP contribution in [0.5, 0.6) is 5.75 Å². The molecule has 8 heteroatoms. The highest BCUT2D eigenvalue weighted by Crippen LogP contribution is 2.27. The fourth-order valence-electron chi connectivity index (χ4n) is 3.45. The van der Waals surface area contributed by atoms with Crippen LogP contribution in [0.25, 0.3) is 10.9 Å². The van der Waals surface area contributed by atoms with Crippen LogP contribution in [0, 0.1) is 6.92 Å². The third-order valence-corrected chi connectivity index (χ3v) is 6.71. The molecule has 4 rings (SSSR count). The van der Waals surface area contributed by atoms with Crippen LogP contribution in [0.4, 0.5) is 0 Å². The zero-order chi connectivity index (χ0) is 19.7. The minimum atomic E-state index is -3.65. The average molecular weight is 400 g/mol. The van der Waals surface area contributed by atoms with E-state index in [-0.39, 0.29) is 11.0 Å². The molecule has 2 aromatic heterocycles. The van der Waals surface area contributed by atoms with Gasteiger partial charge in [-0.05, 0) is 31.9 Å². The number of para-hydroxylation sites is 1. The summed E-state index contributed by atoms with van der Waals surface area (Å²) in [5.74, 6) is 0.930. The van der Waals surface area contributed by atoms with Gasteiger partial charge in [0.05, 0.1) is 11.6 Å². The summed E-state index contributed by atoms with van der Waals surface area (Å²) in [5.41, 5.74) is 0.0216. The van der Waals surface area contributed by atoms with Crippen LogP contribution in [0.15, 0.2) is 62.8 Å². The Morgan fingerprint density at radius 3 is 2.64 bits per heavy atom. The highest BCUT2D eigenvalue weighted by atomic mass is 32.2.